The van der Waals surface area contributed by atoms with Crippen molar-refractivity contribution >= 4 is 5.97 Å². The number of fused-ring (bicyclic) bond motifs is 1. The Kier molecular flexibility index (Phi) is 3.45. The third-order valence-electron chi connectivity index (χ3n) is 4.06. The van der Waals surface area contributed by atoms with E-state index in [9.17, 15) is 4.79 Å². The molecule has 1 saturated carbocycles. The van der Waals surface area contributed by atoms with Gasteiger partial charge in [0.15, 0.2) is 0 Å². The maximum atomic E-state index is 12.0. The van der Waals surface area contributed by atoms with Crippen molar-refractivity contribution in [2.24, 2.45) is 16.3 Å². The van der Waals surface area contributed by atoms with Gasteiger partial charge < -0.3 is 4.84 Å². The van der Waals surface area contributed by atoms with Crippen molar-refractivity contribution in [3.8, 4) is 0 Å². The summed E-state index contributed by atoms with van der Waals surface area (Å²) in [5.41, 5.74) is 0. The zero-order valence-electron chi connectivity index (χ0n) is 10.5. The first-order valence-corrected chi connectivity index (χ1v) is 7.00. The first kappa shape index (κ1) is 11.9. The van der Waals surface area contributed by atoms with Gasteiger partial charge in [0.1, 0.15) is 12.2 Å². The fourth-order valence-corrected chi connectivity index (χ4v) is 2.97. The molecule has 2 heterocycles. The lowest BCUT2D eigenvalue weighted by Crippen LogP contribution is -2.48. The summed E-state index contributed by atoms with van der Waals surface area (Å²) in [5.74, 6) is -0.0653. The highest BCUT2D eigenvalue weighted by atomic mass is 16.7. The number of carbonyl (C=O) groups excluding carboxylic acids is 1. The number of piperidine rings is 1. The van der Waals surface area contributed by atoms with E-state index in [-0.39, 0.29) is 24.1 Å². The third kappa shape index (κ3) is 2.34. The Balaban J connectivity index is 1.55. The lowest BCUT2D eigenvalue weighted by atomic mass is 9.89. The molecule has 1 N–H and O–H groups in total. The monoisotopic (exact) mass is 252 g/mol. The topological polar surface area (TPSA) is 66.3 Å². The minimum atomic E-state index is -0.125. The minimum Gasteiger partial charge on any atom is -0.322 e. The number of nitrogens with zero attached hydrogens (tertiary/aromatic N) is 3. The Morgan fingerprint density at radius 1 is 1.17 bits per heavy atom. The smallest absolute Gasteiger partial charge is 0.322 e. The maximum Gasteiger partial charge on any atom is 0.337 e. The zero-order valence-corrected chi connectivity index (χ0v) is 10.5. The Morgan fingerprint density at radius 2 is 2.00 bits per heavy atom. The molecule has 0 spiro atoms. The summed E-state index contributed by atoms with van der Waals surface area (Å²) in [4.78, 5) is 17.5. The summed E-state index contributed by atoms with van der Waals surface area (Å²) in [7, 11) is 0. The van der Waals surface area contributed by atoms with Crippen molar-refractivity contribution in [2.45, 2.75) is 57.2 Å². The van der Waals surface area contributed by atoms with Gasteiger partial charge in [0.25, 0.3) is 0 Å². The van der Waals surface area contributed by atoms with Crippen LogP contribution in [0.5, 0.6) is 0 Å². The quantitative estimate of drug-likeness (QED) is 0.813. The Bertz CT molecular complexity index is 341. The molecule has 3 aliphatic rings. The second-order valence-corrected chi connectivity index (χ2v) is 5.36. The highest BCUT2D eigenvalue weighted by Gasteiger charge is 2.38. The predicted molar refractivity (Wildman–Crippen MR) is 64.2 cm³/mol. The average molecular weight is 252 g/mol. The van der Waals surface area contributed by atoms with Crippen LogP contribution < -0.4 is 5.32 Å². The molecule has 6 heteroatoms. The van der Waals surface area contributed by atoms with E-state index < -0.39 is 0 Å². The van der Waals surface area contributed by atoms with E-state index in [1.165, 1.54) is 11.6 Å². The predicted octanol–water partition coefficient (Wildman–Crippen LogP) is 1.79. The van der Waals surface area contributed by atoms with E-state index >= 15 is 0 Å². The van der Waals surface area contributed by atoms with Gasteiger partial charge >= 0.3 is 5.97 Å². The molecule has 100 valence electrons. The van der Waals surface area contributed by atoms with Crippen LogP contribution >= 0.6 is 0 Å². The number of hydroxylamine groups is 1. The summed E-state index contributed by atoms with van der Waals surface area (Å²) in [6.45, 7) is 0.963. The highest BCUT2D eigenvalue weighted by molar-refractivity contribution is 5.72. The molecule has 0 bridgehead atoms. The van der Waals surface area contributed by atoms with Crippen molar-refractivity contribution in [3.63, 3.8) is 0 Å². The minimum absolute atomic E-state index is 0.00194. The molecular weight excluding hydrogens is 232 g/mol. The van der Waals surface area contributed by atoms with Crippen LogP contribution in [-0.2, 0) is 9.63 Å². The highest BCUT2D eigenvalue weighted by Crippen LogP contribution is 2.28. The second-order valence-electron chi connectivity index (χ2n) is 5.36. The number of nitrogens with one attached hydrogen (secondary N) is 1. The van der Waals surface area contributed by atoms with Gasteiger partial charge in [-0.15, -0.1) is 5.11 Å². The summed E-state index contributed by atoms with van der Waals surface area (Å²) < 4.78 is 0. The fourth-order valence-electron chi connectivity index (χ4n) is 2.97. The second kappa shape index (κ2) is 5.22. The van der Waals surface area contributed by atoms with Crippen LogP contribution in [-0.4, -0.2) is 29.9 Å². The molecule has 6 nitrogen and oxygen atoms in total. The van der Waals surface area contributed by atoms with Gasteiger partial charge in [-0.3, -0.25) is 5.32 Å². The third-order valence-corrected chi connectivity index (χ3v) is 4.06. The Morgan fingerprint density at radius 3 is 2.83 bits per heavy atom. The molecule has 0 aromatic carbocycles. The molecule has 0 radical (unpaired) electrons. The number of carbonyl (C=O) groups is 1. The van der Waals surface area contributed by atoms with Crippen LogP contribution in [0.1, 0.15) is 44.9 Å². The molecule has 3 rings (SSSR count). The van der Waals surface area contributed by atoms with Crippen molar-refractivity contribution in [1.29, 1.82) is 0 Å². The molecule has 0 aromatic rings. The molecular formula is C12H20N4O2. The van der Waals surface area contributed by atoms with Crippen LogP contribution in [0, 0.1) is 5.92 Å². The van der Waals surface area contributed by atoms with Crippen molar-refractivity contribution in [3.05, 3.63) is 0 Å². The molecule has 2 aliphatic heterocycles. The molecule has 0 amide bonds. The van der Waals surface area contributed by atoms with Crippen molar-refractivity contribution < 1.29 is 9.63 Å². The van der Waals surface area contributed by atoms with E-state index in [1.54, 1.807) is 0 Å². The molecule has 1 saturated heterocycles. The summed E-state index contributed by atoms with van der Waals surface area (Å²) >= 11 is 0. The Hall–Kier alpha value is -1.17. The number of rotatable bonds is 2. The largest absolute Gasteiger partial charge is 0.337 e. The van der Waals surface area contributed by atoms with Crippen molar-refractivity contribution in [1.82, 2.24) is 10.5 Å². The van der Waals surface area contributed by atoms with Gasteiger partial charge in [-0.25, -0.2) is 4.79 Å². The van der Waals surface area contributed by atoms with Gasteiger partial charge in [-0.05, 0) is 37.5 Å². The molecule has 0 aromatic heterocycles. The molecule has 2 unspecified atom stereocenters. The van der Waals surface area contributed by atoms with Crippen LogP contribution in [0.4, 0.5) is 0 Å². The molecule has 1 aliphatic carbocycles. The number of hydrogen-bond acceptors (Lipinski definition) is 6. The SMILES string of the molecule is O=C(ON1N=NC2NCCCC21)C1CCCCC1. The molecule has 18 heavy (non-hydrogen) atoms. The standard InChI is InChI=1S/C12H20N4O2/c17-12(9-5-2-1-3-6-9)18-16-10-7-4-8-13-11(10)14-15-16/h9-11,13H,1-8H2. The van der Waals surface area contributed by atoms with Gasteiger partial charge in [0.2, 0.25) is 0 Å². The lowest BCUT2D eigenvalue weighted by molar-refractivity contribution is -0.207. The van der Waals surface area contributed by atoms with E-state index in [0.717, 1.165) is 45.1 Å². The normalized spacial score (nSPS) is 32.3. The summed E-state index contributed by atoms with van der Waals surface area (Å²) in [6.07, 6.45) is 7.46. The maximum absolute atomic E-state index is 12.0. The van der Waals surface area contributed by atoms with E-state index in [0.29, 0.717) is 0 Å². The van der Waals surface area contributed by atoms with Gasteiger partial charge in [0.05, 0.1) is 5.92 Å². The van der Waals surface area contributed by atoms with E-state index in [2.05, 4.69) is 15.7 Å². The molecule has 2 fully saturated rings. The van der Waals surface area contributed by atoms with Gasteiger partial charge in [-0.2, -0.15) is 0 Å². The van der Waals surface area contributed by atoms with Crippen LogP contribution in [0.15, 0.2) is 10.3 Å². The van der Waals surface area contributed by atoms with Crippen molar-refractivity contribution in [2.75, 3.05) is 6.54 Å². The van der Waals surface area contributed by atoms with Crippen LogP contribution in [0.25, 0.3) is 0 Å². The van der Waals surface area contributed by atoms with E-state index in [4.69, 9.17) is 4.84 Å². The fraction of sp³-hybridized carbons (Fsp3) is 0.917. The average Bonchev–Trinajstić information content (AvgIpc) is 2.83. The number of hydrogen-bond donors (Lipinski definition) is 1. The Labute approximate surface area is 107 Å². The molecule has 2 atom stereocenters. The lowest BCUT2D eigenvalue weighted by Gasteiger charge is -2.29. The summed E-state index contributed by atoms with van der Waals surface area (Å²) in [6, 6.07) is 0.0892. The van der Waals surface area contributed by atoms with Gasteiger partial charge in [0, 0.05) is 0 Å². The first-order chi connectivity index (χ1) is 8.84. The summed E-state index contributed by atoms with van der Waals surface area (Å²) in [5, 5.41) is 12.8. The van der Waals surface area contributed by atoms with Gasteiger partial charge in [-0.1, -0.05) is 24.4 Å². The van der Waals surface area contributed by atoms with Crippen LogP contribution in [0.3, 0.4) is 0 Å². The zero-order chi connectivity index (χ0) is 12.4. The van der Waals surface area contributed by atoms with E-state index in [1.807, 2.05) is 0 Å². The van der Waals surface area contributed by atoms with Crippen LogP contribution in [0.2, 0.25) is 0 Å². The first-order valence-electron chi connectivity index (χ1n) is 7.00.